The summed E-state index contributed by atoms with van der Waals surface area (Å²) in [5, 5.41) is 11.3. The number of hydrogen-bond donors (Lipinski definition) is 1. The number of amides is 1. The fourth-order valence-corrected chi connectivity index (χ4v) is 3.98. The molecule has 7 nitrogen and oxygen atoms in total. The Labute approximate surface area is 176 Å². The molecule has 3 aromatic rings. The maximum atomic E-state index is 12.9. The van der Waals surface area contributed by atoms with Crippen LogP contribution >= 0.6 is 0 Å². The Morgan fingerprint density at radius 1 is 1.37 bits per heavy atom. The molecule has 1 aliphatic rings. The topological polar surface area (TPSA) is 82.2 Å². The van der Waals surface area contributed by atoms with Crippen LogP contribution in [0.3, 0.4) is 0 Å². The zero-order chi connectivity index (χ0) is 21.3. The Morgan fingerprint density at radius 2 is 2.20 bits per heavy atom. The largest absolute Gasteiger partial charge is 0.497 e. The van der Waals surface area contributed by atoms with Gasteiger partial charge in [0.05, 0.1) is 25.5 Å². The minimum absolute atomic E-state index is 0.184. The second-order valence-corrected chi connectivity index (χ2v) is 8.97. The molecule has 4 rings (SSSR count). The predicted octanol–water partition coefficient (Wildman–Crippen LogP) is 4.33. The van der Waals surface area contributed by atoms with Gasteiger partial charge in [-0.15, -0.1) is 0 Å². The smallest absolute Gasteiger partial charge is 0.278 e. The lowest BCUT2D eigenvalue weighted by Crippen LogP contribution is -2.27. The molecule has 0 saturated heterocycles. The number of aryl methyl sites for hydroxylation is 1. The summed E-state index contributed by atoms with van der Waals surface area (Å²) in [5.74, 6) is 1.89. The lowest BCUT2D eigenvalue weighted by molar-refractivity contribution is 0.101. The number of fused-ring (bicyclic) bond motifs is 1. The van der Waals surface area contributed by atoms with Crippen LogP contribution < -0.4 is 10.1 Å². The lowest BCUT2D eigenvalue weighted by Gasteiger charge is -2.33. The molecule has 2 aromatic heterocycles. The van der Waals surface area contributed by atoms with Gasteiger partial charge in [-0.2, -0.15) is 5.10 Å². The monoisotopic (exact) mass is 408 g/mol. The molecule has 158 valence electrons. The van der Waals surface area contributed by atoms with Crippen molar-refractivity contribution in [1.82, 2.24) is 14.9 Å². The van der Waals surface area contributed by atoms with Crippen molar-refractivity contribution in [3.8, 4) is 5.75 Å². The Hall–Kier alpha value is -3.09. The van der Waals surface area contributed by atoms with Crippen LogP contribution in [0, 0.1) is 11.3 Å². The van der Waals surface area contributed by atoms with E-state index in [1.54, 1.807) is 18.0 Å². The molecule has 2 heterocycles. The first-order valence-electron chi connectivity index (χ1n) is 10.3. The van der Waals surface area contributed by atoms with Crippen LogP contribution in [0.15, 0.2) is 41.2 Å². The van der Waals surface area contributed by atoms with Gasteiger partial charge in [-0.05, 0) is 41.9 Å². The molecule has 30 heavy (non-hydrogen) atoms. The highest BCUT2D eigenvalue weighted by Gasteiger charge is 2.34. The van der Waals surface area contributed by atoms with E-state index in [0.29, 0.717) is 23.8 Å². The standard InChI is InChI=1S/C23H28N4O3/c1-23(2,3)16-8-9-20-19(11-16)21(26-30-20)22(28)25-17-12-24-27(14-17)13-15-6-5-7-18(10-15)29-4/h5-7,10,12,14,16H,8-9,11,13H2,1-4H3,(H,25,28). The van der Waals surface area contributed by atoms with Gasteiger partial charge in [0.1, 0.15) is 11.5 Å². The summed E-state index contributed by atoms with van der Waals surface area (Å²) >= 11 is 0. The summed E-state index contributed by atoms with van der Waals surface area (Å²) < 4.78 is 12.5. The van der Waals surface area contributed by atoms with Crippen LogP contribution in [-0.4, -0.2) is 28.0 Å². The number of carbonyl (C=O) groups is 1. The zero-order valence-electron chi connectivity index (χ0n) is 17.9. The molecule has 0 bridgehead atoms. The molecule has 0 radical (unpaired) electrons. The average Bonchev–Trinajstić information content (AvgIpc) is 3.33. The first-order valence-corrected chi connectivity index (χ1v) is 10.3. The van der Waals surface area contributed by atoms with E-state index in [0.717, 1.165) is 41.9 Å². The highest BCUT2D eigenvalue weighted by molar-refractivity contribution is 6.03. The number of benzene rings is 1. The van der Waals surface area contributed by atoms with Crippen LogP contribution in [0.5, 0.6) is 5.75 Å². The highest BCUT2D eigenvalue weighted by Crippen LogP contribution is 2.38. The zero-order valence-corrected chi connectivity index (χ0v) is 17.9. The van der Waals surface area contributed by atoms with Gasteiger partial charge in [0.15, 0.2) is 5.69 Å². The summed E-state index contributed by atoms with van der Waals surface area (Å²) in [6.07, 6.45) is 6.16. The Bertz CT molecular complexity index is 1040. The maximum Gasteiger partial charge on any atom is 0.278 e. The number of ether oxygens (including phenoxy) is 1. The van der Waals surface area contributed by atoms with Gasteiger partial charge < -0.3 is 14.6 Å². The van der Waals surface area contributed by atoms with Crippen LogP contribution in [-0.2, 0) is 19.4 Å². The number of methoxy groups -OCH3 is 1. The minimum Gasteiger partial charge on any atom is -0.497 e. The fourth-order valence-electron chi connectivity index (χ4n) is 3.98. The summed E-state index contributed by atoms with van der Waals surface area (Å²) in [7, 11) is 1.65. The van der Waals surface area contributed by atoms with Crippen molar-refractivity contribution >= 4 is 11.6 Å². The normalized spacial score (nSPS) is 16.2. The fraction of sp³-hybridized carbons (Fsp3) is 0.435. The van der Waals surface area contributed by atoms with Gasteiger partial charge in [0, 0.05) is 18.2 Å². The first-order chi connectivity index (χ1) is 14.3. The summed E-state index contributed by atoms with van der Waals surface area (Å²) in [4.78, 5) is 12.9. The SMILES string of the molecule is COc1cccc(Cn2cc(NC(=O)c3noc4c3CC(C(C)(C)C)CC4)cn2)c1. The average molecular weight is 409 g/mol. The van der Waals surface area contributed by atoms with Gasteiger partial charge in [-0.3, -0.25) is 9.48 Å². The van der Waals surface area contributed by atoms with Gasteiger partial charge >= 0.3 is 0 Å². The van der Waals surface area contributed by atoms with E-state index in [-0.39, 0.29) is 11.3 Å². The van der Waals surface area contributed by atoms with Crippen molar-refractivity contribution in [1.29, 1.82) is 0 Å². The molecule has 0 saturated carbocycles. The van der Waals surface area contributed by atoms with E-state index in [1.807, 2.05) is 30.5 Å². The second-order valence-electron chi connectivity index (χ2n) is 8.97. The Kier molecular flexibility index (Phi) is 5.37. The minimum atomic E-state index is -0.254. The summed E-state index contributed by atoms with van der Waals surface area (Å²) in [5.41, 5.74) is 3.21. The van der Waals surface area contributed by atoms with E-state index in [9.17, 15) is 4.79 Å². The third kappa shape index (κ3) is 4.25. The third-order valence-corrected chi connectivity index (χ3v) is 5.85. The van der Waals surface area contributed by atoms with E-state index in [1.165, 1.54) is 0 Å². The van der Waals surface area contributed by atoms with E-state index in [2.05, 4.69) is 36.3 Å². The summed E-state index contributed by atoms with van der Waals surface area (Å²) in [6, 6.07) is 7.82. The third-order valence-electron chi connectivity index (χ3n) is 5.85. The van der Waals surface area contributed by atoms with Crippen LogP contribution in [0.4, 0.5) is 5.69 Å². The molecular formula is C23H28N4O3. The van der Waals surface area contributed by atoms with Crippen molar-refractivity contribution in [2.75, 3.05) is 12.4 Å². The predicted molar refractivity (Wildman–Crippen MR) is 114 cm³/mol. The van der Waals surface area contributed by atoms with E-state index in [4.69, 9.17) is 9.26 Å². The van der Waals surface area contributed by atoms with Crippen molar-refractivity contribution in [2.45, 2.75) is 46.6 Å². The molecule has 1 aliphatic carbocycles. The molecule has 1 aromatic carbocycles. The number of rotatable bonds is 5. The number of nitrogens with zero attached hydrogens (tertiary/aromatic N) is 3. The van der Waals surface area contributed by atoms with Gasteiger partial charge in [0.25, 0.3) is 5.91 Å². The number of carbonyl (C=O) groups excluding carboxylic acids is 1. The molecule has 0 fully saturated rings. The summed E-state index contributed by atoms with van der Waals surface area (Å²) in [6.45, 7) is 7.31. The quantitative estimate of drug-likeness (QED) is 0.679. The molecule has 1 unspecified atom stereocenters. The molecule has 1 atom stereocenters. The second kappa shape index (κ2) is 7.97. The van der Waals surface area contributed by atoms with Crippen LogP contribution in [0.25, 0.3) is 0 Å². The molecule has 0 aliphatic heterocycles. The van der Waals surface area contributed by atoms with Crippen LogP contribution in [0.2, 0.25) is 0 Å². The molecule has 1 amide bonds. The van der Waals surface area contributed by atoms with Crippen molar-refractivity contribution in [3.05, 3.63) is 59.2 Å². The van der Waals surface area contributed by atoms with Gasteiger partial charge in [0.2, 0.25) is 0 Å². The first kappa shape index (κ1) is 20.2. The molecule has 1 N–H and O–H groups in total. The number of hydrogen-bond acceptors (Lipinski definition) is 5. The molecule has 0 spiro atoms. The van der Waals surface area contributed by atoms with Gasteiger partial charge in [-0.1, -0.05) is 38.1 Å². The van der Waals surface area contributed by atoms with Gasteiger partial charge in [-0.25, -0.2) is 0 Å². The lowest BCUT2D eigenvalue weighted by atomic mass is 9.71. The van der Waals surface area contributed by atoms with Crippen LogP contribution in [0.1, 0.15) is 54.6 Å². The number of aromatic nitrogens is 3. The highest BCUT2D eigenvalue weighted by atomic mass is 16.5. The van der Waals surface area contributed by atoms with Crippen molar-refractivity contribution < 1.29 is 14.1 Å². The molecule has 7 heteroatoms. The van der Waals surface area contributed by atoms with Crippen molar-refractivity contribution in [3.63, 3.8) is 0 Å². The number of anilines is 1. The number of nitrogens with one attached hydrogen (secondary N) is 1. The Morgan fingerprint density at radius 3 is 2.97 bits per heavy atom. The Balaban J connectivity index is 1.45. The van der Waals surface area contributed by atoms with Crippen molar-refractivity contribution in [2.24, 2.45) is 11.3 Å². The molecular weight excluding hydrogens is 380 g/mol. The maximum absolute atomic E-state index is 12.9. The van der Waals surface area contributed by atoms with E-state index >= 15 is 0 Å². The van der Waals surface area contributed by atoms with E-state index < -0.39 is 0 Å².